The van der Waals surface area contributed by atoms with Gasteiger partial charge in [-0.3, -0.25) is 0 Å². The van der Waals surface area contributed by atoms with Crippen LogP contribution in [-0.2, 0) is 4.74 Å². The van der Waals surface area contributed by atoms with Crippen molar-refractivity contribution >= 4 is 20.3 Å². The minimum absolute atomic E-state index is 0.338. The minimum Gasteiger partial charge on any atom is -0.382 e. The highest BCUT2D eigenvalue weighted by molar-refractivity contribution is 6.53. The average molecular weight is 352 g/mol. The molecule has 0 amide bonds. The largest absolute Gasteiger partial charge is 0.382 e. The molecule has 0 aliphatic heterocycles. The van der Waals surface area contributed by atoms with Crippen LogP contribution in [-0.4, -0.2) is 47.4 Å². The summed E-state index contributed by atoms with van der Waals surface area (Å²) in [7, 11) is 4.92. The van der Waals surface area contributed by atoms with Crippen LogP contribution >= 0.6 is 0 Å². The summed E-state index contributed by atoms with van der Waals surface area (Å²) in [5.74, 6) is 0. The predicted molar refractivity (Wildman–Crippen MR) is 110 cm³/mol. The molecule has 2 aromatic rings. The molecule has 2 aromatic carbocycles. The Morgan fingerprint density at radius 1 is 1.04 bits per heavy atom. The fraction of sp³-hybridized carbons (Fsp3) is 0.364. The second-order valence-corrected chi connectivity index (χ2v) is 7.89. The first-order chi connectivity index (χ1) is 12.1. The summed E-state index contributed by atoms with van der Waals surface area (Å²) in [6.07, 6.45) is 3.46. The van der Waals surface area contributed by atoms with E-state index >= 15 is 0 Å². The second kappa shape index (κ2) is 10.3. The van der Waals surface area contributed by atoms with E-state index in [4.69, 9.17) is 4.74 Å². The Balaban J connectivity index is 1.76. The standard InChI is InChI=1S/C22H29NOSi/c1-18(9-8-16-23(3)4)24-17-25-22-14-12-21(13-15-22)19(2)20-10-6-5-7-11-20/h5-7,10-15,18H,2,8-9,16-17H2,1,3-4H3. The maximum atomic E-state index is 5.95. The van der Waals surface area contributed by atoms with Crippen LogP contribution < -0.4 is 5.19 Å². The van der Waals surface area contributed by atoms with Crippen LogP contribution in [0.5, 0.6) is 0 Å². The van der Waals surface area contributed by atoms with Crippen LogP contribution in [0, 0.1) is 0 Å². The molecule has 0 N–H and O–H groups in total. The Morgan fingerprint density at radius 2 is 1.68 bits per heavy atom. The summed E-state index contributed by atoms with van der Waals surface area (Å²) in [4.78, 5) is 2.22. The zero-order valence-electron chi connectivity index (χ0n) is 15.7. The lowest BCUT2D eigenvalue weighted by Crippen LogP contribution is -2.23. The summed E-state index contributed by atoms with van der Waals surface area (Å²) in [6, 6.07) is 19.1. The van der Waals surface area contributed by atoms with E-state index in [1.807, 2.05) is 18.2 Å². The molecule has 0 aromatic heterocycles. The SMILES string of the molecule is C=C(c1ccccc1)c1ccc([Si]COC(C)CCCN(C)C)cc1. The molecule has 1 unspecified atom stereocenters. The van der Waals surface area contributed by atoms with Crippen LogP contribution in [0.4, 0.5) is 0 Å². The van der Waals surface area contributed by atoms with Gasteiger partial charge in [0.2, 0.25) is 0 Å². The maximum Gasteiger partial charge on any atom is 0.114 e. The highest BCUT2D eigenvalue weighted by atomic mass is 28.2. The molecule has 0 aliphatic carbocycles. The summed E-state index contributed by atoms with van der Waals surface area (Å²) in [5, 5.41) is 1.34. The van der Waals surface area contributed by atoms with Crippen LogP contribution in [0.25, 0.3) is 5.57 Å². The number of rotatable bonds is 10. The van der Waals surface area contributed by atoms with Crippen LogP contribution in [0.15, 0.2) is 61.2 Å². The van der Waals surface area contributed by atoms with Gasteiger partial charge in [-0.25, -0.2) is 0 Å². The molecule has 0 spiro atoms. The van der Waals surface area contributed by atoms with Crippen molar-refractivity contribution in [3.8, 4) is 0 Å². The second-order valence-electron chi connectivity index (χ2n) is 6.67. The van der Waals surface area contributed by atoms with Gasteiger partial charge in [-0.05, 0) is 57.1 Å². The zero-order chi connectivity index (χ0) is 18.1. The normalized spacial score (nSPS) is 12.3. The van der Waals surface area contributed by atoms with Gasteiger partial charge in [0.05, 0.1) is 6.10 Å². The Morgan fingerprint density at radius 3 is 2.32 bits per heavy atom. The molecule has 3 heteroatoms. The molecule has 2 nitrogen and oxygen atoms in total. The van der Waals surface area contributed by atoms with Gasteiger partial charge >= 0.3 is 0 Å². The molecule has 25 heavy (non-hydrogen) atoms. The van der Waals surface area contributed by atoms with Crippen LogP contribution in [0.1, 0.15) is 30.9 Å². The van der Waals surface area contributed by atoms with Crippen LogP contribution in [0.3, 0.4) is 0 Å². The van der Waals surface area contributed by atoms with Crippen molar-refractivity contribution in [2.24, 2.45) is 0 Å². The minimum atomic E-state index is 0.338. The van der Waals surface area contributed by atoms with Crippen molar-refractivity contribution in [1.82, 2.24) is 4.90 Å². The first kappa shape index (κ1) is 19.6. The fourth-order valence-corrected chi connectivity index (χ4v) is 3.58. The molecule has 0 heterocycles. The first-order valence-corrected chi connectivity index (χ1v) is 10.1. The van der Waals surface area contributed by atoms with Crippen molar-refractivity contribution in [2.75, 3.05) is 26.9 Å². The van der Waals surface area contributed by atoms with Gasteiger partial charge < -0.3 is 9.64 Å². The van der Waals surface area contributed by atoms with E-state index in [9.17, 15) is 0 Å². The lowest BCUT2D eigenvalue weighted by Gasteiger charge is -2.15. The van der Waals surface area contributed by atoms with E-state index in [2.05, 4.69) is 68.9 Å². The Labute approximate surface area is 155 Å². The summed E-state index contributed by atoms with van der Waals surface area (Å²) in [6.45, 7) is 7.53. The third kappa shape index (κ3) is 6.98. The quantitative estimate of drug-likeness (QED) is 0.604. The first-order valence-electron chi connectivity index (χ1n) is 8.91. The molecule has 0 aliphatic rings. The predicted octanol–water partition coefficient (Wildman–Crippen LogP) is 3.78. The lowest BCUT2D eigenvalue weighted by atomic mass is 10.00. The van der Waals surface area contributed by atoms with E-state index in [1.165, 1.54) is 22.7 Å². The van der Waals surface area contributed by atoms with Gasteiger partial charge in [0.25, 0.3) is 0 Å². The molecule has 2 radical (unpaired) electrons. The smallest absolute Gasteiger partial charge is 0.114 e. The Bertz CT molecular complexity index is 637. The molecular weight excluding hydrogens is 322 g/mol. The van der Waals surface area contributed by atoms with Crippen molar-refractivity contribution in [3.63, 3.8) is 0 Å². The average Bonchev–Trinajstić information content (AvgIpc) is 2.62. The third-order valence-corrected chi connectivity index (χ3v) is 5.27. The van der Waals surface area contributed by atoms with E-state index in [0.29, 0.717) is 15.6 Å². The molecule has 0 saturated heterocycles. The monoisotopic (exact) mass is 351 g/mol. The molecular formula is C22H29NOSi. The summed E-state index contributed by atoms with van der Waals surface area (Å²) in [5.41, 5.74) is 3.42. The molecule has 2 rings (SSSR count). The number of hydrogen-bond donors (Lipinski definition) is 0. The number of benzene rings is 2. The Kier molecular flexibility index (Phi) is 8.12. The van der Waals surface area contributed by atoms with Crippen molar-refractivity contribution in [3.05, 3.63) is 72.3 Å². The van der Waals surface area contributed by atoms with Gasteiger partial charge in [-0.2, -0.15) is 0 Å². The Hall–Kier alpha value is -1.68. The van der Waals surface area contributed by atoms with E-state index in [0.717, 1.165) is 24.8 Å². The van der Waals surface area contributed by atoms with Crippen molar-refractivity contribution in [2.45, 2.75) is 25.9 Å². The fourth-order valence-electron chi connectivity index (χ4n) is 2.64. The molecule has 0 saturated carbocycles. The van der Waals surface area contributed by atoms with Gasteiger partial charge in [0, 0.05) is 6.23 Å². The molecule has 0 bridgehead atoms. The van der Waals surface area contributed by atoms with E-state index in [-0.39, 0.29) is 0 Å². The molecule has 132 valence electrons. The van der Waals surface area contributed by atoms with E-state index < -0.39 is 0 Å². The van der Waals surface area contributed by atoms with E-state index in [1.54, 1.807) is 0 Å². The number of nitrogens with zero attached hydrogens (tertiary/aromatic N) is 1. The molecule has 1 atom stereocenters. The van der Waals surface area contributed by atoms with Gasteiger partial charge in [-0.15, -0.1) is 0 Å². The number of ether oxygens (including phenoxy) is 1. The lowest BCUT2D eigenvalue weighted by molar-refractivity contribution is 0.0904. The summed E-state index contributed by atoms with van der Waals surface area (Å²) >= 11 is 0. The molecule has 0 fully saturated rings. The maximum absolute atomic E-state index is 5.95. The highest BCUT2D eigenvalue weighted by Gasteiger charge is 2.05. The topological polar surface area (TPSA) is 12.5 Å². The van der Waals surface area contributed by atoms with Gasteiger partial charge in [0.15, 0.2) is 0 Å². The van der Waals surface area contributed by atoms with Gasteiger partial charge in [-0.1, -0.05) is 66.4 Å². The third-order valence-electron chi connectivity index (χ3n) is 4.22. The highest BCUT2D eigenvalue weighted by Crippen LogP contribution is 2.20. The van der Waals surface area contributed by atoms with Crippen molar-refractivity contribution < 1.29 is 4.74 Å². The van der Waals surface area contributed by atoms with Gasteiger partial charge in [0.1, 0.15) is 9.52 Å². The van der Waals surface area contributed by atoms with Crippen molar-refractivity contribution in [1.29, 1.82) is 0 Å². The summed E-state index contributed by atoms with van der Waals surface area (Å²) < 4.78 is 5.95. The number of hydrogen-bond acceptors (Lipinski definition) is 2. The van der Waals surface area contributed by atoms with Crippen LogP contribution in [0.2, 0.25) is 0 Å². The zero-order valence-corrected chi connectivity index (χ0v) is 16.7.